The predicted octanol–water partition coefficient (Wildman–Crippen LogP) is 13.2. The third-order valence-corrected chi connectivity index (χ3v) is 9.81. The fraction of sp³-hybridized carbons (Fsp3) is 0. The SMILES string of the molecule is c1ccc(-c2cc(-c3c4ccccc4c(-c4cccc5ccccc45)c4ccccc34)c3c(c2)oc2cc4ccccc4cc23)cc1. The van der Waals surface area contributed by atoms with Gasteiger partial charge < -0.3 is 4.42 Å². The molecule has 0 fully saturated rings. The lowest BCUT2D eigenvalue weighted by Crippen LogP contribution is -1.92. The van der Waals surface area contributed by atoms with Gasteiger partial charge in [-0.3, -0.25) is 0 Å². The summed E-state index contributed by atoms with van der Waals surface area (Å²) in [6.07, 6.45) is 0. The zero-order chi connectivity index (χ0) is 30.9. The van der Waals surface area contributed by atoms with Crippen LogP contribution in [-0.2, 0) is 0 Å². The van der Waals surface area contributed by atoms with E-state index in [0.717, 1.165) is 27.5 Å². The molecule has 0 radical (unpaired) electrons. The van der Waals surface area contributed by atoms with Crippen molar-refractivity contribution in [2.45, 2.75) is 0 Å². The van der Waals surface area contributed by atoms with Gasteiger partial charge in [0.05, 0.1) is 0 Å². The van der Waals surface area contributed by atoms with Gasteiger partial charge in [0, 0.05) is 10.8 Å². The summed E-state index contributed by atoms with van der Waals surface area (Å²) in [5.74, 6) is 0. The lowest BCUT2D eigenvalue weighted by molar-refractivity contribution is 0.669. The van der Waals surface area contributed by atoms with Gasteiger partial charge in [-0.2, -0.15) is 0 Å². The summed E-state index contributed by atoms with van der Waals surface area (Å²) in [6, 6.07) is 61.5. The van der Waals surface area contributed by atoms with Gasteiger partial charge in [0.1, 0.15) is 11.2 Å². The Labute approximate surface area is 271 Å². The highest BCUT2D eigenvalue weighted by Gasteiger charge is 2.22. The molecule has 0 atom stereocenters. The zero-order valence-corrected chi connectivity index (χ0v) is 25.6. The second-order valence-corrected chi connectivity index (χ2v) is 12.4. The molecule has 0 bridgehead atoms. The van der Waals surface area contributed by atoms with E-state index in [9.17, 15) is 0 Å². The summed E-state index contributed by atoms with van der Waals surface area (Å²) in [7, 11) is 0. The first-order valence-electron chi connectivity index (χ1n) is 16.2. The molecule has 10 rings (SSSR count). The molecule has 1 nitrogen and oxygen atoms in total. The Balaban J connectivity index is 1.40. The molecule has 1 heteroatoms. The number of furan rings is 1. The summed E-state index contributed by atoms with van der Waals surface area (Å²) in [6.45, 7) is 0. The molecule has 0 aliphatic carbocycles. The van der Waals surface area contributed by atoms with Gasteiger partial charge in [-0.25, -0.2) is 0 Å². The quantitative estimate of drug-likeness (QED) is 0.185. The molecule has 1 heterocycles. The van der Waals surface area contributed by atoms with Crippen LogP contribution in [0.4, 0.5) is 0 Å². The smallest absolute Gasteiger partial charge is 0.136 e. The fourth-order valence-electron chi connectivity index (χ4n) is 7.74. The minimum atomic E-state index is 0.901. The highest BCUT2D eigenvalue weighted by molar-refractivity contribution is 6.27. The van der Waals surface area contributed by atoms with Gasteiger partial charge in [0.2, 0.25) is 0 Å². The Bertz CT molecular complexity index is 2780. The maximum absolute atomic E-state index is 6.75. The van der Waals surface area contributed by atoms with Crippen LogP contribution in [0.3, 0.4) is 0 Å². The summed E-state index contributed by atoms with van der Waals surface area (Å²) >= 11 is 0. The molecule has 0 spiro atoms. The summed E-state index contributed by atoms with van der Waals surface area (Å²) < 4.78 is 6.75. The summed E-state index contributed by atoms with van der Waals surface area (Å²) in [4.78, 5) is 0. The van der Waals surface area contributed by atoms with E-state index in [4.69, 9.17) is 4.42 Å². The van der Waals surface area contributed by atoms with Crippen LogP contribution in [-0.4, -0.2) is 0 Å². The number of hydrogen-bond donors (Lipinski definition) is 0. The largest absolute Gasteiger partial charge is 0.456 e. The molecule has 10 aromatic rings. The molecule has 0 saturated heterocycles. The van der Waals surface area contributed by atoms with Crippen LogP contribution in [0.1, 0.15) is 0 Å². The predicted molar refractivity (Wildman–Crippen MR) is 200 cm³/mol. The summed E-state index contributed by atoms with van der Waals surface area (Å²) in [5.41, 5.74) is 9.07. The van der Waals surface area contributed by atoms with Crippen molar-refractivity contribution in [3.63, 3.8) is 0 Å². The van der Waals surface area contributed by atoms with Crippen LogP contribution < -0.4 is 0 Å². The molecular formula is C46H28O. The Hall–Kier alpha value is -6.18. The van der Waals surface area contributed by atoms with Crippen LogP contribution in [0.2, 0.25) is 0 Å². The lowest BCUT2D eigenvalue weighted by atomic mass is 9.83. The third kappa shape index (κ3) is 3.97. The average Bonchev–Trinajstić information content (AvgIpc) is 3.50. The number of hydrogen-bond acceptors (Lipinski definition) is 1. The molecule has 0 saturated carbocycles. The molecule has 218 valence electrons. The Morgan fingerprint density at radius 1 is 0.298 bits per heavy atom. The molecule has 0 unspecified atom stereocenters. The van der Waals surface area contributed by atoms with Gasteiger partial charge in [0.25, 0.3) is 0 Å². The van der Waals surface area contributed by atoms with Crippen LogP contribution in [0.5, 0.6) is 0 Å². The van der Waals surface area contributed by atoms with Crippen LogP contribution in [0.25, 0.3) is 98.4 Å². The topological polar surface area (TPSA) is 13.1 Å². The first-order chi connectivity index (χ1) is 23.3. The van der Waals surface area contributed by atoms with E-state index in [1.807, 2.05) is 0 Å². The first-order valence-corrected chi connectivity index (χ1v) is 16.2. The molecule has 0 aliphatic heterocycles. The maximum Gasteiger partial charge on any atom is 0.136 e. The lowest BCUT2D eigenvalue weighted by Gasteiger charge is -2.19. The van der Waals surface area contributed by atoms with Crippen LogP contribution in [0.15, 0.2) is 174 Å². The minimum Gasteiger partial charge on any atom is -0.456 e. The second-order valence-electron chi connectivity index (χ2n) is 12.4. The highest BCUT2D eigenvalue weighted by Crippen LogP contribution is 2.49. The van der Waals surface area contributed by atoms with Crippen molar-refractivity contribution >= 4 is 65.0 Å². The van der Waals surface area contributed by atoms with E-state index in [2.05, 4.69) is 170 Å². The number of fused-ring (bicyclic) bond motifs is 7. The third-order valence-electron chi connectivity index (χ3n) is 9.81. The van der Waals surface area contributed by atoms with E-state index < -0.39 is 0 Å². The van der Waals surface area contributed by atoms with Gasteiger partial charge in [-0.1, -0.05) is 146 Å². The van der Waals surface area contributed by atoms with Crippen molar-refractivity contribution in [1.82, 2.24) is 0 Å². The fourth-order valence-corrected chi connectivity index (χ4v) is 7.74. The average molecular weight is 597 g/mol. The van der Waals surface area contributed by atoms with Gasteiger partial charge in [0.15, 0.2) is 0 Å². The van der Waals surface area contributed by atoms with Crippen molar-refractivity contribution in [3.8, 4) is 33.4 Å². The first kappa shape index (κ1) is 26.1. The Morgan fingerprint density at radius 2 is 0.830 bits per heavy atom. The number of benzene rings is 9. The van der Waals surface area contributed by atoms with Gasteiger partial charge in [-0.05, 0) is 101 Å². The van der Waals surface area contributed by atoms with Crippen molar-refractivity contribution < 1.29 is 4.42 Å². The van der Waals surface area contributed by atoms with Gasteiger partial charge >= 0.3 is 0 Å². The second kappa shape index (κ2) is 10.2. The van der Waals surface area contributed by atoms with E-state index >= 15 is 0 Å². The van der Waals surface area contributed by atoms with Crippen molar-refractivity contribution in [1.29, 1.82) is 0 Å². The van der Waals surface area contributed by atoms with Crippen molar-refractivity contribution in [3.05, 3.63) is 170 Å². The van der Waals surface area contributed by atoms with E-state index in [0.29, 0.717) is 0 Å². The van der Waals surface area contributed by atoms with E-state index in [1.165, 1.54) is 70.9 Å². The standard InChI is InChI=1S/C46H28O/c1-2-13-29(14-3-1)33-26-41(46-40-25-31-16-4-5-17-32(31)27-42(40)47-43(46)28-33)45-38-22-10-8-20-36(38)44(37-21-9-11-23-39(37)45)35-24-12-18-30-15-6-7-19-34(30)35/h1-28H. The minimum absolute atomic E-state index is 0.901. The molecule has 0 amide bonds. The molecule has 1 aromatic heterocycles. The van der Waals surface area contributed by atoms with Gasteiger partial charge in [-0.15, -0.1) is 0 Å². The van der Waals surface area contributed by atoms with Crippen LogP contribution in [0, 0.1) is 0 Å². The van der Waals surface area contributed by atoms with Crippen molar-refractivity contribution in [2.75, 3.05) is 0 Å². The van der Waals surface area contributed by atoms with Crippen molar-refractivity contribution in [2.24, 2.45) is 0 Å². The molecular weight excluding hydrogens is 569 g/mol. The zero-order valence-electron chi connectivity index (χ0n) is 25.6. The normalized spacial score (nSPS) is 11.8. The molecule has 0 N–H and O–H groups in total. The Morgan fingerprint density at radius 3 is 1.51 bits per heavy atom. The monoisotopic (exact) mass is 596 g/mol. The van der Waals surface area contributed by atoms with E-state index in [-0.39, 0.29) is 0 Å². The Kier molecular flexibility index (Phi) is 5.64. The maximum atomic E-state index is 6.75. The molecule has 47 heavy (non-hydrogen) atoms. The van der Waals surface area contributed by atoms with Crippen LogP contribution >= 0.6 is 0 Å². The summed E-state index contributed by atoms with van der Waals surface area (Å²) in [5, 5.41) is 12.1. The molecule has 9 aromatic carbocycles. The number of rotatable bonds is 3. The van der Waals surface area contributed by atoms with E-state index in [1.54, 1.807) is 0 Å². The molecule has 0 aliphatic rings. The highest BCUT2D eigenvalue weighted by atomic mass is 16.3.